The summed E-state index contributed by atoms with van der Waals surface area (Å²) in [6.07, 6.45) is 1.44. The number of hydrogen-bond acceptors (Lipinski definition) is 3. The van der Waals surface area contributed by atoms with Gasteiger partial charge in [0.1, 0.15) is 0 Å². The van der Waals surface area contributed by atoms with Gasteiger partial charge in [-0.2, -0.15) is 11.3 Å². The quantitative estimate of drug-likeness (QED) is 0.563. The third-order valence-electron chi connectivity index (χ3n) is 2.71. The van der Waals surface area contributed by atoms with Gasteiger partial charge in [-0.05, 0) is 46.7 Å². The number of benzene rings is 1. The average molecular weight is 276 g/mol. The van der Waals surface area contributed by atoms with Crippen molar-refractivity contribution in [3.63, 3.8) is 0 Å². The highest BCUT2D eigenvalue weighted by molar-refractivity contribution is 7.99. The Bertz CT molecular complexity index is 486. The fraction of sp³-hybridized carbons (Fsp3) is 0.267. The number of hydrogen-bond donors (Lipinski definition) is 0. The van der Waals surface area contributed by atoms with E-state index in [1.807, 2.05) is 24.3 Å². The minimum absolute atomic E-state index is 0.231. The van der Waals surface area contributed by atoms with Gasteiger partial charge in [-0.3, -0.25) is 4.79 Å². The van der Waals surface area contributed by atoms with E-state index in [1.165, 1.54) is 10.5 Å². The summed E-state index contributed by atoms with van der Waals surface area (Å²) in [7, 11) is 0. The number of Topliss-reactive ketones (excluding diaryl/α,β-unsaturated/α-hetero) is 1. The summed E-state index contributed by atoms with van der Waals surface area (Å²) in [6.45, 7) is 2.13. The second-order valence-corrected chi connectivity index (χ2v) is 6.13. The van der Waals surface area contributed by atoms with Crippen LogP contribution in [0.1, 0.15) is 29.3 Å². The first-order chi connectivity index (χ1) is 8.79. The van der Waals surface area contributed by atoms with Crippen molar-refractivity contribution in [3.8, 4) is 0 Å². The predicted molar refractivity (Wildman–Crippen MR) is 79.8 cm³/mol. The van der Waals surface area contributed by atoms with Crippen molar-refractivity contribution in [2.75, 3.05) is 5.75 Å². The van der Waals surface area contributed by atoms with Gasteiger partial charge in [-0.15, -0.1) is 11.8 Å². The van der Waals surface area contributed by atoms with Gasteiger partial charge in [0, 0.05) is 16.9 Å². The summed E-state index contributed by atoms with van der Waals surface area (Å²) >= 11 is 3.48. The average Bonchev–Trinajstić information content (AvgIpc) is 2.90. The van der Waals surface area contributed by atoms with Crippen LogP contribution in [0.3, 0.4) is 0 Å². The van der Waals surface area contributed by atoms with Crippen molar-refractivity contribution in [2.45, 2.75) is 24.7 Å². The van der Waals surface area contributed by atoms with Crippen LogP contribution in [0.4, 0.5) is 0 Å². The van der Waals surface area contributed by atoms with Gasteiger partial charge < -0.3 is 0 Å². The molecule has 0 aliphatic rings. The molecule has 0 saturated heterocycles. The molecule has 94 valence electrons. The second kappa shape index (κ2) is 6.76. The summed E-state index contributed by atoms with van der Waals surface area (Å²) in [5.74, 6) is 1.29. The second-order valence-electron chi connectivity index (χ2n) is 4.01. The van der Waals surface area contributed by atoms with Crippen molar-refractivity contribution in [1.82, 2.24) is 0 Å². The summed E-state index contributed by atoms with van der Waals surface area (Å²) in [4.78, 5) is 13.2. The minimum atomic E-state index is 0.231. The van der Waals surface area contributed by atoms with Crippen LogP contribution in [0, 0.1) is 0 Å². The highest BCUT2D eigenvalue weighted by Crippen LogP contribution is 2.19. The molecule has 0 aliphatic heterocycles. The molecular weight excluding hydrogens is 260 g/mol. The Kier molecular flexibility index (Phi) is 5.02. The normalized spacial score (nSPS) is 10.5. The van der Waals surface area contributed by atoms with Gasteiger partial charge >= 0.3 is 0 Å². The van der Waals surface area contributed by atoms with Crippen molar-refractivity contribution in [2.24, 2.45) is 0 Å². The lowest BCUT2D eigenvalue weighted by atomic mass is 10.0. The molecule has 0 unspecified atom stereocenters. The lowest BCUT2D eigenvalue weighted by molar-refractivity contribution is 0.0983. The van der Waals surface area contributed by atoms with Crippen molar-refractivity contribution < 1.29 is 4.79 Å². The molecule has 0 amide bonds. The molecule has 0 saturated carbocycles. The zero-order chi connectivity index (χ0) is 12.8. The van der Waals surface area contributed by atoms with Crippen molar-refractivity contribution >= 4 is 28.9 Å². The molecule has 0 radical (unpaired) electrons. The fourth-order valence-corrected chi connectivity index (χ4v) is 3.11. The molecule has 1 nitrogen and oxygen atoms in total. The van der Waals surface area contributed by atoms with Crippen LogP contribution in [0.15, 0.2) is 46.0 Å². The van der Waals surface area contributed by atoms with E-state index in [0.29, 0.717) is 6.42 Å². The molecule has 1 heterocycles. The maximum atomic E-state index is 12.0. The Hall–Kier alpha value is -1.06. The third kappa shape index (κ3) is 3.72. The van der Waals surface area contributed by atoms with E-state index >= 15 is 0 Å². The highest BCUT2D eigenvalue weighted by atomic mass is 32.2. The Balaban J connectivity index is 1.92. The van der Waals surface area contributed by atoms with Crippen LogP contribution >= 0.6 is 23.1 Å². The van der Waals surface area contributed by atoms with Crippen LogP contribution in [-0.4, -0.2) is 11.5 Å². The minimum Gasteiger partial charge on any atom is -0.294 e. The van der Waals surface area contributed by atoms with E-state index in [0.717, 1.165) is 17.7 Å². The van der Waals surface area contributed by atoms with Gasteiger partial charge in [0.05, 0.1) is 0 Å². The number of ketones is 1. The first kappa shape index (κ1) is 13.4. The SMILES string of the molecule is CCSc1ccc(C(=O)CCc2ccsc2)cc1. The highest BCUT2D eigenvalue weighted by Gasteiger charge is 2.06. The zero-order valence-corrected chi connectivity index (χ0v) is 12.0. The van der Waals surface area contributed by atoms with E-state index in [9.17, 15) is 4.79 Å². The summed E-state index contributed by atoms with van der Waals surface area (Å²) in [5, 5.41) is 4.16. The van der Waals surface area contributed by atoms with Crippen molar-refractivity contribution in [3.05, 3.63) is 52.2 Å². The van der Waals surface area contributed by atoms with Crippen molar-refractivity contribution in [1.29, 1.82) is 0 Å². The molecule has 18 heavy (non-hydrogen) atoms. The topological polar surface area (TPSA) is 17.1 Å². The van der Waals surface area contributed by atoms with E-state index in [-0.39, 0.29) is 5.78 Å². The van der Waals surface area contributed by atoms with Gasteiger partial charge in [0.25, 0.3) is 0 Å². The van der Waals surface area contributed by atoms with Crippen LogP contribution < -0.4 is 0 Å². The molecule has 0 N–H and O–H groups in total. The maximum Gasteiger partial charge on any atom is 0.163 e. The first-order valence-electron chi connectivity index (χ1n) is 6.06. The Morgan fingerprint density at radius 3 is 2.61 bits per heavy atom. The standard InChI is InChI=1S/C15H16OS2/c1-2-18-14-6-4-13(5-7-14)15(16)8-3-12-9-10-17-11-12/h4-7,9-11H,2-3,8H2,1H3. The van der Waals surface area contributed by atoms with Crippen LogP contribution in [-0.2, 0) is 6.42 Å². The molecular formula is C15H16OS2. The van der Waals surface area contributed by atoms with Gasteiger partial charge in [-0.25, -0.2) is 0 Å². The smallest absolute Gasteiger partial charge is 0.163 e. The number of carbonyl (C=O) groups is 1. The van der Waals surface area contributed by atoms with Crippen LogP contribution in [0.5, 0.6) is 0 Å². The summed E-state index contributed by atoms with van der Waals surface area (Å²) in [6, 6.07) is 10.0. The Labute approximate surface area is 116 Å². The third-order valence-corrected chi connectivity index (χ3v) is 4.33. The number of thiophene rings is 1. The number of thioether (sulfide) groups is 1. The van der Waals surface area contributed by atoms with Gasteiger partial charge in [-0.1, -0.05) is 19.1 Å². The first-order valence-corrected chi connectivity index (χ1v) is 7.99. The monoisotopic (exact) mass is 276 g/mol. The fourth-order valence-electron chi connectivity index (χ4n) is 1.74. The summed E-state index contributed by atoms with van der Waals surface area (Å²) in [5.41, 5.74) is 2.08. The molecule has 1 aromatic heterocycles. The lowest BCUT2D eigenvalue weighted by Gasteiger charge is -2.02. The molecule has 0 spiro atoms. The molecule has 2 rings (SSSR count). The number of aryl methyl sites for hydroxylation is 1. The zero-order valence-electron chi connectivity index (χ0n) is 10.4. The molecule has 2 aromatic rings. The largest absolute Gasteiger partial charge is 0.294 e. The molecule has 0 bridgehead atoms. The number of carbonyl (C=O) groups excluding carboxylic acids is 1. The predicted octanol–water partition coefficient (Wildman–Crippen LogP) is 4.68. The van der Waals surface area contributed by atoms with E-state index in [1.54, 1.807) is 23.1 Å². The Morgan fingerprint density at radius 2 is 2.00 bits per heavy atom. The molecule has 3 heteroatoms. The van der Waals surface area contributed by atoms with Crippen LogP contribution in [0.2, 0.25) is 0 Å². The molecule has 0 fully saturated rings. The summed E-state index contributed by atoms with van der Waals surface area (Å²) < 4.78 is 0. The Morgan fingerprint density at radius 1 is 1.22 bits per heavy atom. The lowest BCUT2D eigenvalue weighted by Crippen LogP contribution is -2.00. The van der Waals surface area contributed by atoms with Gasteiger partial charge in [0.15, 0.2) is 5.78 Å². The molecule has 1 aromatic carbocycles. The van der Waals surface area contributed by atoms with Gasteiger partial charge in [0.2, 0.25) is 0 Å². The number of rotatable bonds is 6. The maximum absolute atomic E-state index is 12.0. The van der Waals surface area contributed by atoms with E-state index in [2.05, 4.69) is 23.8 Å². The molecule has 0 aliphatic carbocycles. The molecule has 0 atom stereocenters. The van der Waals surface area contributed by atoms with E-state index in [4.69, 9.17) is 0 Å². The van der Waals surface area contributed by atoms with Crippen LogP contribution in [0.25, 0.3) is 0 Å². The van der Waals surface area contributed by atoms with E-state index < -0.39 is 0 Å².